The summed E-state index contributed by atoms with van der Waals surface area (Å²) >= 11 is 0. The second-order valence-corrected chi connectivity index (χ2v) is 7.70. The molecule has 0 radical (unpaired) electrons. The van der Waals surface area contributed by atoms with E-state index in [0.717, 1.165) is 0 Å². The number of fused-ring (bicyclic) bond motifs is 3. The predicted octanol–water partition coefficient (Wildman–Crippen LogP) is 7.45. The second-order valence-electron chi connectivity index (χ2n) is 7.70. The van der Waals surface area contributed by atoms with Crippen molar-refractivity contribution < 1.29 is 0 Å². The molecule has 5 aliphatic rings. The monoisotopic (exact) mass is 360 g/mol. The zero-order valence-corrected chi connectivity index (χ0v) is 16.4. The van der Waals surface area contributed by atoms with E-state index in [0.29, 0.717) is 0 Å². The lowest BCUT2D eigenvalue weighted by Gasteiger charge is -2.33. The molecule has 0 nitrogen and oxygen atoms in total. The molecule has 5 aliphatic carbocycles. The minimum Gasteiger partial charge on any atom is -0.0656 e. The van der Waals surface area contributed by atoms with Crippen LogP contribution in [-0.4, -0.2) is 0 Å². The zero-order chi connectivity index (χ0) is 19.1. The van der Waals surface area contributed by atoms with Crippen LogP contribution in [0, 0.1) is 0 Å². The Labute approximate surface area is 167 Å². The first-order valence-corrected chi connectivity index (χ1v) is 10.2. The van der Waals surface area contributed by atoms with Crippen LogP contribution in [-0.2, 0) is 5.41 Å². The fraction of sp³-hybridized carbons (Fsp3) is 0.143. The van der Waals surface area contributed by atoms with Crippen LogP contribution in [0.1, 0.15) is 42.5 Å². The highest BCUT2D eigenvalue weighted by Crippen LogP contribution is 2.56. The van der Waals surface area contributed by atoms with Gasteiger partial charge < -0.3 is 0 Å². The molecule has 0 saturated heterocycles. The first-order valence-electron chi connectivity index (χ1n) is 10.2. The first-order chi connectivity index (χ1) is 13.8. The molecule has 1 spiro atoms. The predicted molar refractivity (Wildman–Crippen MR) is 119 cm³/mol. The average molecular weight is 361 g/mol. The van der Waals surface area contributed by atoms with Crippen molar-refractivity contribution in [3.63, 3.8) is 0 Å². The van der Waals surface area contributed by atoms with E-state index in [1.54, 1.807) is 0 Å². The molecule has 28 heavy (non-hydrogen) atoms. The van der Waals surface area contributed by atoms with Gasteiger partial charge in [-0.1, -0.05) is 117 Å². The summed E-state index contributed by atoms with van der Waals surface area (Å²) in [6.07, 6.45) is 1.25. The van der Waals surface area contributed by atoms with Crippen LogP contribution < -0.4 is 0 Å². The number of rotatable bonds is 0. The standard InChI is InChI=1S/C25H16.C3H8/c1-3-7-23-21(5-1)22-6-2-4-8-24(22)25(23)19-13-9-17(10-14-19)18-11-15-20(25)16-12-18;1-3-2/h1-16H;3H2,1-2H3. The fourth-order valence-corrected chi connectivity index (χ4v) is 4.85. The second kappa shape index (κ2) is 6.49. The van der Waals surface area contributed by atoms with Gasteiger partial charge in [0, 0.05) is 0 Å². The van der Waals surface area contributed by atoms with Gasteiger partial charge in [0.25, 0.3) is 0 Å². The van der Waals surface area contributed by atoms with Crippen LogP contribution in [0.5, 0.6) is 0 Å². The van der Waals surface area contributed by atoms with Crippen LogP contribution in [0.4, 0.5) is 0 Å². The first kappa shape index (κ1) is 17.0. The van der Waals surface area contributed by atoms with E-state index in [2.05, 4.69) is 111 Å². The van der Waals surface area contributed by atoms with Crippen molar-refractivity contribution in [2.75, 3.05) is 0 Å². The zero-order valence-electron chi connectivity index (χ0n) is 16.4. The summed E-state index contributed by atoms with van der Waals surface area (Å²) in [7, 11) is 0. The Hall–Kier alpha value is -3.12. The largest absolute Gasteiger partial charge is 0.0713 e. The van der Waals surface area contributed by atoms with Gasteiger partial charge in [-0.15, -0.1) is 0 Å². The molecule has 0 unspecified atom stereocenters. The third-order valence-corrected chi connectivity index (χ3v) is 5.92. The average Bonchev–Trinajstić information content (AvgIpc) is 3.14. The van der Waals surface area contributed by atoms with E-state index in [1.807, 2.05) is 0 Å². The molecule has 0 amide bonds. The lowest BCUT2D eigenvalue weighted by Crippen LogP contribution is -2.28. The molecule has 4 aromatic carbocycles. The van der Waals surface area contributed by atoms with Gasteiger partial charge in [0.05, 0.1) is 5.41 Å². The molecule has 0 heteroatoms. The minimum atomic E-state index is -0.228. The van der Waals surface area contributed by atoms with E-state index in [9.17, 15) is 0 Å². The number of hydrogen-bond acceptors (Lipinski definition) is 0. The molecular formula is C28H24. The quantitative estimate of drug-likeness (QED) is 0.264. The number of benzene rings is 4. The van der Waals surface area contributed by atoms with Crippen molar-refractivity contribution in [2.45, 2.75) is 25.7 Å². The maximum atomic E-state index is 2.31. The molecule has 0 aliphatic heterocycles. The van der Waals surface area contributed by atoms with E-state index in [1.165, 1.54) is 50.9 Å². The SMILES string of the molecule is CCC.c1ccc2c(c1)-c1ccccc1C21c2ccc(cc2)-c2ccc1cc2. The Morgan fingerprint density at radius 1 is 0.500 bits per heavy atom. The molecule has 0 aromatic heterocycles. The lowest BCUT2D eigenvalue weighted by molar-refractivity contribution is 0.770. The Balaban J connectivity index is 0.000000538. The summed E-state index contributed by atoms with van der Waals surface area (Å²) in [5.74, 6) is 0. The summed E-state index contributed by atoms with van der Waals surface area (Å²) in [5.41, 5.74) is 10.5. The molecule has 0 heterocycles. The molecule has 4 aromatic rings. The third kappa shape index (κ3) is 2.18. The molecule has 9 rings (SSSR count). The summed E-state index contributed by atoms with van der Waals surface area (Å²) < 4.78 is 0. The van der Waals surface area contributed by atoms with Gasteiger partial charge in [0.2, 0.25) is 0 Å². The van der Waals surface area contributed by atoms with Crippen molar-refractivity contribution in [3.05, 3.63) is 119 Å². The summed E-state index contributed by atoms with van der Waals surface area (Å²) in [6.45, 7) is 4.25. The molecule has 0 atom stereocenters. The Morgan fingerprint density at radius 3 is 1.25 bits per heavy atom. The van der Waals surface area contributed by atoms with E-state index >= 15 is 0 Å². The topological polar surface area (TPSA) is 0 Å². The van der Waals surface area contributed by atoms with Gasteiger partial charge in [-0.25, -0.2) is 0 Å². The van der Waals surface area contributed by atoms with Gasteiger partial charge in [0.1, 0.15) is 0 Å². The summed E-state index contributed by atoms with van der Waals surface area (Å²) in [4.78, 5) is 0. The Kier molecular flexibility index (Phi) is 3.94. The van der Waals surface area contributed by atoms with Gasteiger partial charge in [-0.05, 0) is 44.5 Å². The van der Waals surface area contributed by atoms with Gasteiger partial charge in [0.15, 0.2) is 0 Å². The highest BCUT2D eigenvalue weighted by atomic mass is 14.5. The highest BCUT2D eigenvalue weighted by molar-refractivity contribution is 5.87. The van der Waals surface area contributed by atoms with E-state index < -0.39 is 0 Å². The van der Waals surface area contributed by atoms with Crippen LogP contribution in [0.2, 0.25) is 0 Å². The fourth-order valence-electron chi connectivity index (χ4n) is 4.85. The third-order valence-electron chi connectivity index (χ3n) is 5.92. The number of hydrogen-bond donors (Lipinski definition) is 0. The van der Waals surface area contributed by atoms with E-state index in [4.69, 9.17) is 0 Å². The maximum Gasteiger partial charge on any atom is 0.0713 e. The van der Waals surface area contributed by atoms with E-state index in [-0.39, 0.29) is 5.41 Å². The van der Waals surface area contributed by atoms with Crippen molar-refractivity contribution in [2.24, 2.45) is 0 Å². The van der Waals surface area contributed by atoms with Crippen molar-refractivity contribution in [1.82, 2.24) is 0 Å². The molecule has 0 saturated carbocycles. The Bertz CT molecular complexity index is 1040. The minimum absolute atomic E-state index is 0.228. The molecule has 0 N–H and O–H groups in total. The van der Waals surface area contributed by atoms with Gasteiger partial charge in [-0.3, -0.25) is 0 Å². The molecule has 0 fully saturated rings. The van der Waals surface area contributed by atoms with Crippen LogP contribution in [0.25, 0.3) is 22.3 Å². The summed E-state index contributed by atoms with van der Waals surface area (Å²) in [6, 6.07) is 36.1. The van der Waals surface area contributed by atoms with Crippen LogP contribution in [0.15, 0.2) is 97.1 Å². The molecule has 136 valence electrons. The normalized spacial score (nSPS) is 13.8. The van der Waals surface area contributed by atoms with Crippen LogP contribution in [0.3, 0.4) is 0 Å². The summed E-state index contributed by atoms with van der Waals surface area (Å²) in [5, 5.41) is 0. The van der Waals surface area contributed by atoms with Crippen molar-refractivity contribution >= 4 is 0 Å². The van der Waals surface area contributed by atoms with Crippen molar-refractivity contribution in [3.8, 4) is 22.3 Å². The van der Waals surface area contributed by atoms with Crippen LogP contribution >= 0.6 is 0 Å². The van der Waals surface area contributed by atoms with Gasteiger partial charge >= 0.3 is 0 Å². The Morgan fingerprint density at radius 2 is 0.857 bits per heavy atom. The van der Waals surface area contributed by atoms with Crippen molar-refractivity contribution in [1.29, 1.82) is 0 Å². The van der Waals surface area contributed by atoms with Gasteiger partial charge in [-0.2, -0.15) is 0 Å². The molecule has 4 bridgehead atoms. The molecular weight excluding hydrogens is 336 g/mol. The smallest absolute Gasteiger partial charge is 0.0656 e. The highest BCUT2D eigenvalue weighted by Gasteiger charge is 2.45. The maximum absolute atomic E-state index is 2.31. The lowest BCUT2D eigenvalue weighted by atomic mass is 9.68.